The number of hydrogen-bond donors (Lipinski definition) is 0. The van der Waals surface area contributed by atoms with Crippen molar-refractivity contribution in [1.82, 2.24) is 4.90 Å². The van der Waals surface area contributed by atoms with Crippen molar-refractivity contribution in [2.45, 2.75) is 12.5 Å². The monoisotopic (exact) mass is 402 g/mol. The van der Waals surface area contributed by atoms with Crippen LogP contribution in [0.2, 0.25) is 0 Å². The number of ether oxygens (including phenoxy) is 4. The molecule has 8 nitrogen and oxygen atoms in total. The van der Waals surface area contributed by atoms with Gasteiger partial charge in [-0.15, -0.1) is 0 Å². The van der Waals surface area contributed by atoms with Gasteiger partial charge in [0.25, 0.3) is 5.69 Å². The van der Waals surface area contributed by atoms with Crippen molar-refractivity contribution >= 4 is 5.69 Å². The molecule has 0 amide bonds. The van der Waals surface area contributed by atoms with Crippen molar-refractivity contribution < 1.29 is 23.9 Å². The topological polar surface area (TPSA) is 83.3 Å². The van der Waals surface area contributed by atoms with Crippen LogP contribution in [0, 0.1) is 10.1 Å². The highest BCUT2D eigenvalue weighted by atomic mass is 16.6. The fraction of sp³-hybridized carbons (Fsp3) is 0.429. The fourth-order valence-electron chi connectivity index (χ4n) is 3.30. The van der Waals surface area contributed by atoms with E-state index in [1.165, 1.54) is 12.1 Å². The zero-order valence-corrected chi connectivity index (χ0v) is 16.7. The van der Waals surface area contributed by atoms with E-state index in [2.05, 4.69) is 4.90 Å². The van der Waals surface area contributed by atoms with Crippen LogP contribution in [0.1, 0.15) is 18.1 Å². The van der Waals surface area contributed by atoms with Crippen molar-refractivity contribution in [2.24, 2.45) is 0 Å². The average molecular weight is 402 g/mol. The van der Waals surface area contributed by atoms with Gasteiger partial charge in [-0.1, -0.05) is 0 Å². The highest BCUT2D eigenvalue weighted by Gasteiger charge is 2.22. The molecule has 1 fully saturated rings. The van der Waals surface area contributed by atoms with Crippen molar-refractivity contribution in [2.75, 3.05) is 47.1 Å². The number of nitro groups is 1. The van der Waals surface area contributed by atoms with Crippen molar-refractivity contribution in [3.05, 3.63) is 58.1 Å². The van der Waals surface area contributed by atoms with Gasteiger partial charge in [-0.2, -0.15) is 0 Å². The molecular weight excluding hydrogens is 376 g/mol. The standard InChI is InChI=1S/C21H26N2O6/c1-26-18-7-8-20(27-2)19(15-18)21(9-10-22-11-13-28-14-12-22)29-17-5-3-16(4-6-17)23(24)25/h3-8,15,21H,9-14H2,1-2H3. The first-order chi connectivity index (χ1) is 14.1. The smallest absolute Gasteiger partial charge is 0.269 e. The Labute approximate surface area is 170 Å². The maximum Gasteiger partial charge on any atom is 0.269 e. The number of nitrogens with zero attached hydrogens (tertiary/aromatic N) is 2. The van der Waals surface area contributed by atoms with Gasteiger partial charge in [0.05, 0.1) is 32.4 Å². The van der Waals surface area contributed by atoms with E-state index in [1.54, 1.807) is 26.4 Å². The SMILES string of the molecule is COc1ccc(OC)c(C(CCN2CCOCC2)Oc2ccc([N+](=O)[O-])cc2)c1. The van der Waals surface area contributed by atoms with Crippen LogP contribution >= 0.6 is 0 Å². The van der Waals surface area contributed by atoms with Gasteiger partial charge in [0.15, 0.2) is 0 Å². The molecule has 2 aromatic rings. The number of methoxy groups -OCH3 is 2. The molecule has 0 N–H and O–H groups in total. The predicted molar refractivity (Wildman–Crippen MR) is 108 cm³/mol. The first-order valence-electron chi connectivity index (χ1n) is 9.54. The van der Waals surface area contributed by atoms with E-state index in [0.29, 0.717) is 17.2 Å². The second kappa shape index (κ2) is 10.1. The van der Waals surface area contributed by atoms with Crippen LogP contribution in [-0.2, 0) is 4.74 Å². The second-order valence-electron chi connectivity index (χ2n) is 6.71. The lowest BCUT2D eigenvalue weighted by molar-refractivity contribution is -0.384. The molecule has 8 heteroatoms. The Morgan fingerprint density at radius 1 is 1.07 bits per heavy atom. The van der Waals surface area contributed by atoms with Crippen LogP contribution in [0.5, 0.6) is 17.2 Å². The molecule has 1 atom stereocenters. The summed E-state index contributed by atoms with van der Waals surface area (Å²) in [4.78, 5) is 12.8. The summed E-state index contributed by atoms with van der Waals surface area (Å²) in [6.45, 7) is 4.08. The first-order valence-corrected chi connectivity index (χ1v) is 9.54. The summed E-state index contributed by atoms with van der Waals surface area (Å²) in [5, 5.41) is 10.9. The molecule has 0 aromatic heterocycles. The summed E-state index contributed by atoms with van der Waals surface area (Å²) >= 11 is 0. The fourth-order valence-corrected chi connectivity index (χ4v) is 3.30. The van der Waals surface area contributed by atoms with Crippen LogP contribution in [0.25, 0.3) is 0 Å². The molecule has 1 aliphatic heterocycles. The maximum absolute atomic E-state index is 10.9. The highest BCUT2D eigenvalue weighted by molar-refractivity contribution is 5.43. The minimum Gasteiger partial charge on any atom is -0.497 e. The molecular formula is C21H26N2O6. The minimum absolute atomic E-state index is 0.0289. The number of morpholine rings is 1. The summed E-state index contributed by atoms with van der Waals surface area (Å²) in [5.74, 6) is 1.98. The quantitative estimate of drug-likeness (QED) is 0.469. The Hall–Kier alpha value is -2.84. The molecule has 1 heterocycles. The van der Waals surface area contributed by atoms with Crippen LogP contribution in [0.4, 0.5) is 5.69 Å². The lowest BCUT2D eigenvalue weighted by Crippen LogP contribution is -2.37. The van der Waals surface area contributed by atoms with Crippen molar-refractivity contribution in [1.29, 1.82) is 0 Å². The summed E-state index contributed by atoms with van der Waals surface area (Å²) < 4.78 is 22.6. The van der Waals surface area contributed by atoms with Gasteiger partial charge in [-0.05, 0) is 30.3 Å². The Balaban J connectivity index is 1.83. The lowest BCUT2D eigenvalue weighted by atomic mass is 10.0. The van der Waals surface area contributed by atoms with E-state index < -0.39 is 4.92 Å². The molecule has 0 radical (unpaired) electrons. The van der Waals surface area contributed by atoms with Gasteiger partial charge in [-0.3, -0.25) is 15.0 Å². The van der Waals surface area contributed by atoms with E-state index in [0.717, 1.165) is 44.8 Å². The number of rotatable bonds is 9. The largest absolute Gasteiger partial charge is 0.497 e. The van der Waals surface area contributed by atoms with Gasteiger partial charge in [-0.25, -0.2) is 0 Å². The molecule has 29 heavy (non-hydrogen) atoms. The molecule has 3 rings (SSSR count). The van der Waals surface area contributed by atoms with Crippen molar-refractivity contribution in [3.63, 3.8) is 0 Å². The molecule has 0 spiro atoms. The van der Waals surface area contributed by atoms with Gasteiger partial charge >= 0.3 is 0 Å². The van der Waals surface area contributed by atoms with Crippen LogP contribution < -0.4 is 14.2 Å². The third kappa shape index (κ3) is 5.58. The van der Waals surface area contributed by atoms with Gasteiger partial charge in [0, 0.05) is 43.8 Å². The number of hydrogen-bond acceptors (Lipinski definition) is 7. The van der Waals surface area contributed by atoms with Crippen LogP contribution in [-0.4, -0.2) is 56.9 Å². The third-order valence-electron chi connectivity index (χ3n) is 4.92. The van der Waals surface area contributed by atoms with Gasteiger partial charge in [0.2, 0.25) is 0 Å². The first kappa shape index (κ1) is 20.9. The minimum atomic E-state index is -0.426. The normalized spacial score (nSPS) is 15.5. The second-order valence-corrected chi connectivity index (χ2v) is 6.71. The van der Waals surface area contributed by atoms with E-state index >= 15 is 0 Å². The number of nitro benzene ring substituents is 1. The molecule has 0 saturated carbocycles. The van der Waals surface area contributed by atoms with Crippen LogP contribution in [0.3, 0.4) is 0 Å². The van der Waals surface area contributed by atoms with E-state index in [-0.39, 0.29) is 11.8 Å². The summed E-state index contributed by atoms with van der Waals surface area (Å²) in [7, 11) is 3.24. The highest BCUT2D eigenvalue weighted by Crippen LogP contribution is 2.35. The molecule has 1 saturated heterocycles. The number of non-ortho nitro benzene ring substituents is 1. The Morgan fingerprint density at radius 2 is 1.76 bits per heavy atom. The van der Waals surface area contributed by atoms with Gasteiger partial charge < -0.3 is 18.9 Å². The Morgan fingerprint density at radius 3 is 2.38 bits per heavy atom. The Bertz CT molecular complexity index is 805. The zero-order valence-electron chi connectivity index (χ0n) is 16.7. The van der Waals surface area contributed by atoms with Crippen molar-refractivity contribution in [3.8, 4) is 17.2 Å². The summed E-state index contributed by atoms with van der Waals surface area (Å²) in [6, 6.07) is 11.7. The third-order valence-corrected chi connectivity index (χ3v) is 4.92. The molecule has 2 aromatic carbocycles. The molecule has 0 aliphatic carbocycles. The summed E-state index contributed by atoms with van der Waals surface area (Å²) in [6.07, 6.45) is 0.421. The average Bonchev–Trinajstić information content (AvgIpc) is 2.77. The maximum atomic E-state index is 10.9. The van der Waals surface area contributed by atoms with Crippen LogP contribution in [0.15, 0.2) is 42.5 Å². The Kier molecular flexibility index (Phi) is 7.26. The van der Waals surface area contributed by atoms with E-state index in [4.69, 9.17) is 18.9 Å². The summed E-state index contributed by atoms with van der Waals surface area (Å²) in [5.41, 5.74) is 0.902. The predicted octanol–water partition coefficient (Wildman–Crippen LogP) is 3.45. The molecule has 0 bridgehead atoms. The van der Waals surface area contributed by atoms with E-state index in [1.807, 2.05) is 18.2 Å². The molecule has 156 valence electrons. The van der Waals surface area contributed by atoms with E-state index in [9.17, 15) is 10.1 Å². The zero-order chi connectivity index (χ0) is 20.6. The number of benzene rings is 2. The lowest BCUT2D eigenvalue weighted by Gasteiger charge is -2.29. The molecule has 1 unspecified atom stereocenters. The molecule has 1 aliphatic rings. The van der Waals surface area contributed by atoms with Gasteiger partial charge in [0.1, 0.15) is 23.4 Å².